The Bertz CT molecular complexity index is 1350. The number of nitrogens with one attached hydrogen (secondary N) is 1. The highest BCUT2D eigenvalue weighted by Crippen LogP contribution is 2.31. The van der Waals surface area contributed by atoms with Crippen molar-refractivity contribution < 1.29 is 27.9 Å². The molecule has 0 unspecified atom stereocenters. The fourth-order valence-corrected chi connectivity index (χ4v) is 3.23. The Labute approximate surface area is 188 Å². The Morgan fingerprint density at radius 1 is 1.06 bits per heavy atom. The van der Waals surface area contributed by atoms with Crippen LogP contribution in [0.3, 0.4) is 0 Å². The fraction of sp³-hybridized carbons (Fsp3) is 0.160. The first-order valence-electron chi connectivity index (χ1n) is 10.3. The molecule has 2 aromatic carbocycles. The number of aryl methyl sites for hydroxylation is 1. The van der Waals surface area contributed by atoms with Gasteiger partial charge >= 0.3 is 5.97 Å². The second-order valence-corrected chi connectivity index (χ2v) is 7.20. The first kappa shape index (κ1) is 21.9. The van der Waals surface area contributed by atoms with E-state index in [2.05, 4.69) is 5.32 Å². The van der Waals surface area contributed by atoms with Gasteiger partial charge in [-0.2, -0.15) is 0 Å². The Balaban J connectivity index is 1.54. The van der Waals surface area contributed by atoms with Crippen LogP contribution in [-0.4, -0.2) is 25.1 Å². The molecule has 0 bridgehead atoms. The summed E-state index contributed by atoms with van der Waals surface area (Å²) in [7, 11) is 0. The van der Waals surface area contributed by atoms with Crippen LogP contribution in [0, 0.1) is 6.92 Å². The minimum absolute atomic E-state index is 0.105. The van der Waals surface area contributed by atoms with Crippen LogP contribution in [0.2, 0.25) is 0 Å². The molecule has 4 rings (SSSR count). The number of amides is 1. The second kappa shape index (κ2) is 9.44. The zero-order valence-electron chi connectivity index (χ0n) is 18.0. The van der Waals surface area contributed by atoms with Crippen molar-refractivity contribution in [3.8, 4) is 17.3 Å². The Morgan fingerprint density at radius 3 is 2.55 bits per heavy atom. The van der Waals surface area contributed by atoms with Gasteiger partial charge in [-0.05, 0) is 62.4 Å². The number of carbonyl (C=O) groups is 2. The van der Waals surface area contributed by atoms with E-state index in [0.29, 0.717) is 28.0 Å². The monoisotopic (exact) mass is 447 g/mol. The maximum atomic E-state index is 13.1. The molecule has 33 heavy (non-hydrogen) atoms. The van der Waals surface area contributed by atoms with Gasteiger partial charge in [-0.1, -0.05) is 11.6 Å². The molecule has 0 atom stereocenters. The molecular formula is C25H21NO7. The number of ether oxygens (including phenoxy) is 2. The van der Waals surface area contributed by atoms with Crippen molar-refractivity contribution in [2.24, 2.45) is 0 Å². The fourth-order valence-electron chi connectivity index (χ4n) is 3.23. The van der Waals surface area contributed by atoms with Crippen LogP contribution >= 0.6 is 0 Å². The van der Waals surface area contributed by atoms with Gasteiger partial charge in [-0.25, -0.2) is 4.79 Å². The summed E-state index contributed by atoms with van der Waals surface area (Å²) in [5, 5.41) is 3.00. The van der Waals surface area contributed by atoms with Crippen LogP contribution in [0.25, 0.3) is 22.5 Å². The van der Waals surface area contributed by atoms with Crippen molar-refractivity contribution in [3.05, 3.63) is 82.2 Å². The summed E-state index contributed by atoms with van der Waals surface area (Å²) < 4.78 is 21.8. The lowest BCUT2D eigenvalue weighted by Gasteiger charge is -2.11. The normalized spacial score (nSPS) is 10.7. The van der Waals surface area contributed by atoms with Gasteiger partial charge < -0.3 is 23.6 Å². The van der Waals surface area contributed by atoms with Gasteiger partial charge in [0.15, 0.2) is 12.4 Å². The van der Waals surface area contributed by atoms with Gasteiger partial charge in [0.25, 0.3) is 5.91 Å². The molecule has 1 amide bonds. The summed E-state index contributed by atoms with van der Waals surface area (Å²) in [5.74, 6) is -0.640. The van der Waals surface area contributed by atoms with Crippen molar-refractivity contribution in [3.63, 3.8) is 0 Å². The van der Waals surface area contributed by atoms with E-state index in [0.717, 1.165) is 5.56 Å². The Morgan fingerprint density at radius 2 is 1.85 bits per heavy atom. The third-order valence-corrected chi connectivity index (χ3v) is 4.78. The predicted molar refractivity (Wildman–Crippen MR) is 121 cm³/mol. The van der Waals surface area contributed by atoms with Crippen LogP contribution in [0.15, 0.2) is 74.5 Å². The Hall–Kier alpha value is -4.33. The third-order valence-electron chi connectivity index (χ3n) is 4.78. The number of rotatable bonds is 7. The molecule has 4 aromatic rings. The molecular weight excluding hydrogens is 426 g/mol. The summed E-state index contributed by atoms with van der Waals surface area (Å²) >= 11 is 0. The Kier molecular flexibility index (Phi) is 6.26. The topological polar surface area (TPSA) is 108 Å². The van der Waals surface area contributed by atoms with E-state index in [1.54, 1.807) is 55.5 Å². The molecule has 2 aromatic heterocycles. The average molecular weight is 447 g/mol. The minimum Gasteiger partial charge on any atom is -0.476 e. The van der Waals surface area contributed by atoms with Gasteiger partial charge in [0.05, 0.1) is 23.8 Å². The van der Waals surface area contributed by atoms with Gasteiger partial charge in [0, 0.05) is 5.69 Å². The van der Waals surface area contributed by atoms with Crippen LogP contribution in [-0.2, 0) is 9.53 Å². The quantitative estimate of drug-likeness (QED) is 0.414. The minimum atomic E-state index is -0.493. The lowest BCUT2D eigenvalue weighted by atomic mass is 10.1. The molecule has 0 fully saturated rings. The SMILES string of the molecule is CCOC(=O)c1ccc(NC(=O)COc2c(-c3ccco3)oc3ccc(C)cc3c2=O)cc1. The molecule has 0 saturated carbocycles. The van der Waals surface area contributed by atoms with Crippen LogP contribution in [0.1, 0.15) is 22.8 Å². The smallest absolute Gasteiger partial charge is 0.338 e. The molecule has 168 valence electrons. The van der Waals surface area contributed by atoms with E-state index in [1.165, 1.54) is 6.26 Å². The van der Waals surface area contributed by atoms with Crippen LogP contribution in [0.5, 0.6) is 5.75 Å². The molecule has 0 saturated heterocycles. The van der Waals surface area contributed by atoms with Crippen molar-refractivity contribution in [2.45, 2.75) is 13.8 Å². The second-order valence-electron chi connectivity index (χ2n) is 7.20. The highest BCUT2D eigenvalue weighted by atomic mass is 16.5. The van der Waals surface area contributed by atoms with E-state index in [4.69, 9.17) is 18.3 Å². The maximum Gasteiger partial charge on any atom is 0.338 e. The van der Waals surface area contributed by atoms with Crippen molar-refractivity contribution >= 4 is 28.5 Å². The largest absolute Gasteiger partial charge is 0.476 e. The number of esters is 1. The summed E-state index contributed by atoms with van der Waals surface area (Å²) in [4.78, 5) is 37.3. The van der Waals surface area contributed by atoms with E-state index >= 15 is 0 Å². The van der Waals surface area contributed by atoms with E-state index in [-0.39, 0.29) is 18.1 Å². The molecule has 0 spiro atoms. The summed E-state index contributed by atoms with van der Waals surface area (Å²) in [5.41, 5.74) is 1.70. The maximum absolute atomic E-state index is 13.1. The van der Waals surface area contributed by atoms with E-state index in [1.807, 2.05) is 13.0 Å². The summed E-state index contributed by atoms with van der Waals surface area (Å²) in [6, 6.07) is 14.8. The van der Waals surface area contributed by atoms with E-state index < -0.39 is 23.9 Å². The number of hydrogen-bond donors (Lipinski definition) is 1. The molecule has 0 aliphatic carbocycles. The van der Waals surface area contributed by atoms with Crippen molar-refractivity contribution in [2.75, 3.05) is 18.5 Å². The summed E-state index contributed by atoms with van der Waals surface area (Å²) in [6.07, 6.45) is 1.45. The number of fused-ring (bicyclic) bond motifs is 1. The lowest BCUT2D eigenvalue weighted by Crippen LogP contribution is -2.22. The van der Waals surface area contributed by atoms with Crippen molar-refractivity contribution in [1.29, 1.82) is 0 Å². The average Bonchev–Trinajstić information content (AvgIpc) is 3.34. The number of anilines is 1. The van der Waals surface area contributed by atoms with Gasteiger partial charge in [0.1, 0.15) is 5.58 Å². The van der Waals surface area contributed by atoms with Crippen LogP contribution < -0.4 is 15.5 Å². The molecule has 0 aliphatic rings. The molecule has 2 heterocycles. The first-order valence-corrected chi connectivity index (χ1v) is 10.3. The molecule has 0 aliphatic heterocycles. The standard InChI is InChI=1S/C25H21NO7/c1-3-30-25(29)16-7-9-17(10-8-16)26-21(27)14-32-24-22(28)18-13-15(2)6-11-19(18)33-23(24)20-5-4-12-31-20/h4-13H,3,14H2,1-2H3,(H,26,27). The molecule has 8 nitrogen and oxygen atoms in total. The zero-order valence-corrected chi connectivity index (χ0v) is 18.0. The number of carbonyl (C=O) groups excluding carboxylic acids is 2. The summed E-state index contributed by atoms with van der Waals surface area (Å²) in [6.45, 7) is 3.42. The zero-order chi connectivity index (χ0) is 23.4. The lowest BCUT2D eigenvalue weighted by molar-refractivity contribution is -0.118. The molecule has 1 N–H and O–H groups in total. The number of benzene rings is 2. The number of furan rings is 1. The third kappa shape index (κ3) is 4.79. The number of hydrogen-bond acceptors (Lipinski definition) is 7. The van der Waals surface area contributed by atoms with Gasteiger partial charge in [-0.3, -0.25) is 9.59 Å². The molecule has 0 radical (unpaired) electrons. The predicted octanol–water partition coefficient (Wildman–Crippen LogP) is 4.56. The molecule has 8 heteroatoms. The van der Waals surface area contributed by atoms with Crippen LogP contribution in [0.4, 0.5) is 5.69 Å². The highest BCUT2D eigenvalue weighted by molar-refractivity contribution is 5.94. The van der Waals surface area contributed by atoms with Crippen molar-refractivity contribution in [1.82, 2.24) is 0 Å². The van der Waals surface area contributed by atoms with Gasteiger partial charge in [0.2, 0.25) is 16.9 Å². The first-order chi connectivity index (χ1) is 16.0. The highest BCUT2D eigenvalue weighted by Gasteiger charge is 2.21. The van der Waals surface area contributed by atoms with Gasteiger partial charge in [-0.15, -0.1) is 0 Å². The van der Waals surface area contributed by atoms with E-state index in [9.17, 15) is 14.4 Å².